The molecule has 1 saturated heterocycles. The van der Waals surface area contributed by atoms with Crippen molar-refractivity contribution in [3.05, 3.63) is 34.9 Å². The number of aryl methyl sites for hydroxylation is 2. The summed E-state index contributed by atoms with van der Waals surface area (Å²) in [6.45, 7) is 5.57. The first-order valence-corrected chi connectivity index (χ1v) is 6.25. The fraction of sp³-hybridized carbons (Fsp3) is 0.500. The van der Waals surface area contributed by atoms with Crippen LogP contribution in [0, 0.1) is 13.8 Å². The zero-order valence-electron chi connectivity index (χ0n) is 8.84. The zero-order valence-corrected chi connectivity index (χ0v) is 9.66. The molecule has 1 unspecified atom stereocenters. The van der Waals surface area contributed by atoms with Crippen LogP contribution in [0.3, 0.4) is 0 Å². The molecule has 0 aromatic heterocycles. The molecule has 1 aliphatic heterocycles. The summed E-state index contributed by atoms with van der Waals surface area (Å²) >= 11 is 2.03. The van der Waals surface area contributed by atoms with Crippen LogP contribution >= 0.6 is 11.8 Å². The fourth-order valence-electron chi connectivity index (χ4n) is 1.99. The second-order valence-corrected chi connectivity index (χ2v) is 5.08. The molecule has 1 fully saturated rings. The van der Waals surface area contributed by atoms with Gasteiger partial charge in [0.05, 0.1) is 5.37 Å². The minimum atomic E-state index is 0.518. The third kappa shape index (κ3) is 1.96. The molecule has 1 atom stereocenters. The monoisotopic (exact) mass is 207 g/mol. The van der Waals surface area contributed by atoms with Crippen molar-refractivity contribution in [3.8, 4) is 0 Å². The molecule has 0 aliphatic carbocycles. The van der Waals surface area contributed by atoms with Crippen LogP contribution < -0.4 is 5.32 Å². The van der Waals surface area contributed by atoms with E-state index in [1.54, 1.807) is 0 Å². The van der Waals surface area contributed by atoms with Crippen molar-refractivity contribution < 1.29 is 0 Å². The topological polar surface area (TPSA) is 12.0 Å². The summed E-state index contributed by atoms with van der Waals surface area (Å²) in [6.07, 6.45) is 1.30. The molecule has 0 bridgehead atoms. The van der Waals surface area contributed by atoms with E-state index >= 15 is 0 Å². The van der Waals surface area contributed by atoms with E-state index in [2.05, 4.69) is 37.4 Å². The summed E-state index contributed by atoms with van der Waals surface area (Å²) in [6, 6.07) is 6.56. The van der Waals surface area contributed by atoms with Gasteiger partial charge in [0.2, 0.25) is 0 Å². The largest absolute Gasteiger partial charge is 0.302 e. The Labute approximate surface area is 90.3 Å². The van der Waals surface area contributed by atoms with Crippen LogP contribution in [0.1, 0.15) is 28.5 Å². The molecule has 1 N–H and O–H groups in total. The first kappa shape index (κ1) is 10.1. The summed E-state index contributed by atoms with van der Waals surface area (Å²) in [5, 5.41) is 4.10. The summed E-state index contributed by atoms with van der Waals surface area (Å²) < 4.78 is 0. The van der Waals surface area contributed by atoms with Crippen LogP contribution in [0.25, 0.3) is 0 Å². The SMILES string of the molecule is Cc1cccc(C)c1C1NCCCS1. The molecule has 1 aromatic carbocycles. The maximum Gasteiger partial charge on any atom is 0.0794 e. The summed E-state index contributed by atoms with van der Waals surface area (Å²) in [7, 11) is 0. The number of hydrogen-bond donors (Lipinski definition) is 1. The zero-order chi connectivity index (χ0) is 9.97. The molecule has 1 aliphatic rings. The second-order valence-electron chi connectivity index (χ2n) is 3.86. The smallest absolute Gasteiger partial charge is 0.0794 e. The Morgan fingerprint density at radius 2 is 2.00 bits per heavy atom. The highest BCUT2D eigenvalue weighted by atomic mass is 32.2. The number of rotatable bonds is 1. The molecule has 2 heteroatoms. The normalized spacial score (nSPS) is 22.3. The third-order valence-electron chi connectivity index (χ3n) is 2.74. The van der Waals surface area contributed by atoms with Crippen molar-refractivity contribution in [2.45, 2.75) is 25.6 Å². The number of nitrogens with one attached hydrogen (secondary N) is 1. The van der Waals surface area contributed by atoms with E-state index in [0.29, 0.717) is 5.37 Å². The predicted molar refractivity (Wildman–Crippen MR) is 63.7 cm³/mol. The highest BCUT2D eigenvalue weighted by Gasteiger charge is 2.18. The highest BCUT2D eigenvalue weighted by Crippen LogP contribution is 2.33. The molecule has 2 rings (SSSR count). The van der Waals surface area contributed by atoms with Crippen molar-refractivity contribution in [1.82, 2.24) is 5.32 Å². The van der Waals surface area contributed by atoms with Crippen LogP contribution in [0.5, 0.6) is 0 Å². The average Bonchev–Trinajstić information content (AvgIpc) is 2.19. The Balaban J connectivity index is 2.29. The van der Waals surface area contributed by atoms with Gasteiger partial charge in [0.1, 0.15) is 0 Å². The highest BCUT2D eigenvalue weighted by molar-refractivity contribution is 7.99. The van der Waals surface area contributed by atoms with E-state index in [-0.39, 0.29) is 0 Å². The van der Waals surface area contributed by atoms with Gasteiger partial charge in [-0.15, -0.1) is 11.8 Å². The molecule has 1 nitrogen and oxygen atoms in total. The molecular formula is C12H17NS. The van der Waals surface area contributed by atoms with E-state index < -0.39 is 0 Å². The predicted octanol–water partition coefficient (Wildman–Crippen LogP) is 3.03. The molecule has 0 spiro atoms. The van der Waals surface area contributed by atoms with E-state index in [1.807, 2.05) is 11.8 Å². The maximum atomic E-state index is 3.58. The minimum absolute atomic E-state index is 0.518. The lowest BCUT2D eigenvalue weighted by molar-refractivity contribution is 0.639. The summed E-state index contributed by atoms with van der Waals surface area (Å²) in [5.41, 5.74) is 4.32. The van der Waals surface area contributed by atoms with Crippen LogP contribution in [-0.2, 0) is 0 Å². The summed E-state index contributed by atoms with van der Waals surface area (Å²) in [5.74, 6) is 1.28. The minimum Gasteiger partial charge on any atom is -0.302 e. The first-order valence-electron chi connectivity index (χ1n) is 5.20. The number of hydrogen-bond acceptors (Lipinski definition) is 2. The van der Waals surface area contributed by atoms with Crippen LogP contribution in [0.4, 0.5) is 0 Å². The van der Waals surface area contributed by atoms with Crippen molar-refractivity contribution in [3.63, 3.8) is 0 Å². The molecular weight excluding hydrogens is 190 g/mol. The van der Waals surface area contributed by atoms with Gasteiger partial charge in [-0.1, -0.05) is 18.2 Å². The molecule has 76 valence electrons. The van der Waals surface area contributed by atoms with Gasteiger partial charge in [-0.05, 0) is 49.3 Å². The Morgan fingerprint density at radius 1 is 1.29 bits per heavy atom. The summed E-state index contributed by atoms with van der Waals surface area (Å²) in [4.78, 5) is 0. The molecule has 0 radical (unpaired) electrons. The standard InChI is InChI=1S/C12H17NS/c1-9-5-3-6-10(2)11(9)12-13-7-4-8-14-12/h3,5-6,12-13H,4,7-8H2,1-2H3. The van der Waals surface area contributed by atoms with Crippen molar-refractivity contribution in [2.75, 3.05) is 12.3 Å². The molecule has 1 aromatic rings. The Kier molecular flexibility index (Phi) is 3.14. The van der Waals surface area contributed by atoms with E-state index in [1.165, 1.54) is 28.9 Å². The fourth-order valence-corrected chi connectivity index (χ4v) is 3.31. The van der Waals surface area contributed by atoms with Crippen molar-refractivity contribution in [1.29, 1.82) is 0 Å². The van der Waals surface area contributed by atoms with Crippen molar-refractivity contribution >= 4 is 11.8 Å². The van der Waals surface area contributed by atoms with Gasteiger partial charge in [-0.3, -0.25) is 0 Å². The van der Waals surface area contributed by atoms with Gasteiger partial charge < -0.3 is 5.32 Å². The van der Waals surface area contributed by atoms with Gasteiger partial charge in [-0.2, -0.15) is 0 Å². The lowest BCUT2D eigenvalue weighted by Crippen LogP contribution is -2.26. The van der Waals surface area contributed by atoms with Crippen molar-refractivity contribution in [2.24, 2.45) is 0 Å². The quantitative estimate of drug-likeness (QED) is 0.759. The number of benzene rings is 1. The van der Waals surface area contributed by atoms with Crippen LogP contribution in [0.2, 0.25) is 0 Å². The first-order chi connectivity index (χ1) is 6.79. The van der Waals surface area contributed by atoms with E-state index in [0.717, 1.165) is 6.54 Å². The molecule has 0 saturated carbocycles. The Hall–Kier alpha value is -0.470. The van der Waals surface area contributed by atoms with Gasteiger partial charge in [-0.25, -0.2) is 0 Å². The van der Waals surface area contributed by atoms with Gasteiger partial charge >= 0.3 is 0 Å². The molecule has 1 heterocycles. The van der Waals surface area contributed by atoms with Gasteiger partial charge in [0, 0.05) is 0 Å². The maximum absolute atomic E-state index is 3.58. The third-order valence-corrected chi connectivity index (χ3v) is 4.00. The number of thioether (sulfide) groups is 1. The molecule has 0 amide bonds. The van der Waals surface area contributed by atoms with Crippen LogP contribution in [-0.4, -0.2) is 12.3 Å². The Bertz CT molecular complexity index is 296. The Morgan fingerprint density at radius 3 is 2.57 bits per heavy atom. The van der Waals surface area contributed by atoms with Gasteiger partial charge in [0.15, 0.2) is 0 Å². The van der Waals surface area contributed by atoms with E-state index in [4.69, 9.17) is 0 Å². The van der Waals surface area contributed by atoms with E-state index in [9.17, 15) is 0 Å². The second kappa shape index (κ2) is 4.37. The average molecular weight is 207 g/mol. The van der Waals surface area contributed by atoms with Crippen LogP contribution in [0.15, 0.2) is 18.2 Å². The lowest BCUT2D eigenvalue weighted by Gasteiger charge is -2.26. The lowest BCUT2D eigenvalue weighted by atomic mass is 10.0. The van der Waals surface area contributed by atoms with Gasteiger partial charge in [0.25, 0.3) is 0 Å². The molecule has 14 heavy (non-hydrogen) atoms.